The molecule has 2 fully saturated rings. The maximum Gasteiger partial charge on any atom is 0.344 e. The molecule has 29 heavy (non-hydrogen) atoms. The summed E-state index contributed by atoms with van der Waals surface area (Å²) >= 11 is 0. The summed E-state index contributed by atoms with van der Waals surface area (Å²) in [5.74, 6) is -0.217. The molecule has 1 aliphatic carbocycles. The summed E-state index contributed by atoms with van der Waals surface area (Å²) in [7, 11) is 1.81. The smallest absolute Gasteiger partial charge is 0.344 e. The SMILES string of the molecule is CC1CCC2(CC1)NC(=O)N(NC(=O)CN(C)c1ccc3ccccc3c1)C2=O. The Bertz CT molecular complexity index is 965. The molecule has 2 aromatic carbocycles. The van der Waals surface area contributed by atoms with Crippen molar-refractivity contribution >= 4 is 34.3 Å². The largest absolute Gasteiger partial charge is 0.365 e. The summed E-state index contributed by atoms with van der Waals surface area (Å²) in [5.41, 5.74) is 2.51. The second kappa shape index (κ2) is 7.39. The molecule has 2 aliphatic rings. The molecule has 4 amide bonds. The predicted octanol–water partition coefficient (Wildman–Crippen LogP) is 2.81. The number of hydrogen-bond acceptors (Lipinski definition) is 4. The zero-order chi connectivity index (χ0) is 20.6. The lowest BCUT2D eigenvalue weighted by molar-refractivity contribution is -0.139. The van der Waals surface area contributed by atoms with Crippen molar-refractivity contribution in [1.29, 1.82) is 0 Å². The molecule has 1 heterocycles. The summed E-state index contributed by atoms with van der Waals surface area (Å²) in [4.78, 5) is 39.5. The lowest BCUT2D eigenvalue weighted by Crippen LogP contribution is -2.52. The molecule has 152 valence electrons. The van der Waals surface area contributed by atoms with Crippen LogP contribution in [0.2, 0.25) is 0 Å². The topological polar surface area (TPSA) is 81.8 Å². The molecule has 0 aromatic heterocycles. The summed E-state index contributed by atoms with van der Waals surface area (Å²) in [6.45, 7) is 2.18. The standard InChI is InChI=1S/C22H26N4O3/c1-15-9-11-22(12-10-15)20(28)26(21(29)23-22)24-19(27)14-25(2)18-8-7-16-5-3-4-6-17(16)13-18/h3-8,13,15H,9-12,14H2,1-2H3,(H,23,29)(H,24,27). The molecular weight excluding hydrogens is 368 g/mol. The molecule has 2 aromatic rings. The van der Waals surface area contributed by atoms with Crippen LogP contribution in [-0.4, -0.2) is 42.0 Å². The number of anilines is 1. The van der Waals surface area contributed by atoms with Crippen molar-refractivity contribution in [2.75, 3.05) is 18.5 Å². The van der Waals surface area contributed by atoms with Gasteiger partial charge in [0.1, 0.15) is 5.54 Å². The van der Waals surface area contributed by atoms with Crippen molar-refractivity contribution in [3.05, 3.63) is 42.5 Å². The molecule has 2 N–H and O–H groups in total. The van der Waals surface area contributed by atoms with Gasteiger partial charge in [-0.25, -0.2) is 4.79 Å². The third-order valence-corrected chi connectivity index (χ3v) is 6.08. The van der Waals surface area contributed by atoms with E-state index >= 15 is 0 Å². The lowest BCUT2D eigenvalue weighted by atomic mass is 9.77. The third-order valence-electron chi connectivity index (χ3n) is 6.08. The molecule has 0 radical (unpaired) electrons. The highest BCUT2D eigenvalue weighted by Gasteiger charge is 2.52. The number of fused-ring (bicyclic) bond motifs is 1. The molecule has 0 bridgehead atoms. The van der Waals surface area contributed by atoms with Gasteiger partial charge in [-0.3, -0.25) is 15.0 Å². The van der Waals surface area contributed by atoms with Crippen LogP contribution in [0.25, 0.3) is 10.8 Å². The minimum Gasteiger partial charge on any atom is -0.365 e. The number of hydrogen-bond donors (Lipinski definition) is 2. The van der Waals surface area contributed by atoms with Gasteiger partial charge < -0.3 is 10.2 Å². The molecule has 1 saturated heterocycles. The van der Waals surface area contributed by atoms with Crippen molar-refractivity contribution in [3.63, 3.8) is 0 Å². The molecular formula is C22H26N4O3. The Morgan fingerprint density at radius 3 is 2.59 bits per heavy atom. The van der Waals surface area contributed by atoms with Crippen LogP contribution >= 0.6 is 0 Å². The number of carbonyl (C=O) groups excluding carboxylic acids is 3. The number of nitrogens with one attached hydrogen (secondary N) is 2. The van der Waals surface area contributed by atoms with Crippen LogP contribution in [0.1, 0.15) is 32.6 Å². The van der Waals surface area contributed by atoms with Gasteiger partial charge in [0.15, 0.2) is 0 Å². The van der Waals surface area contributed by atoms with Gasteiger partial charge >= 0.3 is 6.03 Å². The fourth-order valence-corrected chi connectivity index (χ4v) is 4.20. The minimum atomic E-state index is -0.860. The maximum atomic E-state index is 12.9. The minimum absolute atomic E-state index is 0.0272. The fourth-order valence-electron chi connectivity index (χ4n) is 4.20. The molecule has 1 saturated carbocycles. The number of nitrogens with zero attached hydrogens (tertiary/aromatic N) is 2. The van der Waals surface area contributed by atoms with Crippen LogP contribution in [-0.2, 0) is 9.59 Å². The third kappa shape index (κ3) is 3.64. The Morgan fingerprint density at radius 1 is 1.17 bits per heavy atom. The van der Waals surface area contributed by atoms with Gasteiger partial charge in [-0.15, -0.1) is 0 Å². The van der Waals surface area contributed by atoms with Crippen LogP contribution in [0.15, 0.2) is 42.5 Å². The number of carbonyl (C=O) groups is 3. The van der Waals surface area contributed by atoms with Gasteiger partial charge in [0.05, 0.1) is 6.54 Å². The predicted molar refractivity (Wildman–Crippen MR) is 111 cm³/mol. The first-order valence-corrected chi connectivity index (χ1v) is 10.0. The molecule has 4 rings (SSSR count). The molecule has 1 spiro atoms. The molecule has 0 atom stereocenters. The van der Waals surface area contributed by atoms with Crippen molar-refractivity contribution in [1.82, 2.24) is 15.8 Å². The Labute approximate surface area is 170 Å². The van der Waals surface area contributed by atoms with E-state index in [1.54, 1.807) is 11.9 Å². The Balaban J connectivity index is 1.41. The van der Waals surface area contributed by atoms with Crippen molar-refractivity contribution in [2.45, 2.75) is 38.1 Å². The van der Waals surface area contributed by atoms with Crippen molar-refractivity contribution in [2.24, 2.45) is 5.92 Å². The normalized spacial score (nSPS) is 24.1. The monoisotopic (exact) mass is 394 g/mol. The van der Waals surface area contributed by atoms with Gasteiger partial charge in [0.25, 0.3) is 11.8 Å². The first kappa shape index (κ1) is 19.2. The molecule has 0 unspecified atom stereocenters. The molecule has 7 nitrogen and oxygen atoms in total. The highest BCUT2D eigenvalue weighted by atomic mass is 16.2. The quantitative estimate of drug-likeness (QED) is 0.782. The van der Waals surface area contributed by atoms with Gasteiger partial charge in [-0.2, -0.15) is 5.01 Å². The van der Waals surface area contributed by atoms with Crippen molar-refractivity contribution < 1.29 is 14.4 Å². The Morgan fingerprint density at radius 2 is 1.86 bits per heavy atom. The number of benzene rings is 2. The number of urea groups is 1. The first-order valence-electron chi connectivity index (χ1n) is 10.0. The zero-order valence-corrected chi connectivity index (χ0v) is 16.8. The van der Waals surface area contributed by atoms with Crippen LogP contribution in [0.5, 0.6) is 0 Å². The fraction of sp³-hybridized carbons (Fsp3) is 0.409. The number of rotatable bonds is 4. The second-order valence-electron chi connectivity index (χ2n) is 8.26. The van der Waals surface area contributed by atoms with E-state index in [1.165, 1.54) is 0 Å². The molecule has 7 heteroatoms. The average Bonchev–Trinajstić information content (AvgIpc) is 2.94. The Kier molecular flexibility index (Phi) is 4.90. The number of amides is 4. The van der Waals surface area contributed by atoms with Crippen LogP contribution in [0.4, 0.5) is 10.5 Å². The van der Waals surface area contributed by atoms with E-state index < -0.39 is 17.5 Å². The van der Waals surface area contributed by atoms with E-state index in [1.807, 2.05) is 42.5 Å². The highest BCUT2D eigenvalue weighted by molar-refractivity contribution is 6.08. The summed E-state index contributed by atoms with van der Waals surface area (Å²) in [6.07, 6.45) is 3.00. The van der Waals surface area contributed by atoms with E-state index in [4.69, 9.17) is 0 Å². The maximum absolute atomic E-state index is 12.9. The summed E-state index contributed by atoms with van der Waals surface area (Å²) in [6, 6.07) is 13.4. The van der Waals surface area contributed by atoms with E-state index in [0.717, 1.165) is 34.3 Å². The van der Waals surface area contributed by atoms with Gasteiger partial charge in [0.2, 0.25) is 0 Å². The van der Waals surface area contributed by atoms with Crippen LogP contribution in [0, 0.1) is 5.92 Å². The second-order valence-corrected chi connectivity index (χ2v) is 8.26. The number of imide groups is 1. The number of hydrazine groups is 1. The highest BCUT2D eigenvalue weighted by Crippen LogP contribution is 2.35. The van der Waals surface area contributed by atoms with Crippen LogP contribution in [0.3, 0.4) is 0 Å². The van der Waals surface area contributed by atoms with E-state index in [-0.39, 0.29) is 12.5 Å². The lowest BCUT2D eigenvalue weighted by Gasteiger charge is -2.33. The van der Waals surface area contributed by atoms with E-state index in [2.05, 4.69) is 17.7 Å². The zero-order valence-electron chi connectivity index (χ0n) is 16.8. The van der Waals surface area contributed by atoms with Gasteiger partial charge in [0, 0.05) is 12.7 Å². The summed E-state index contributed by atoms with van der Waals surface area (Å²) in [5, 5.41) is 5.87. The van der Waals surface area contributed by atoms with Crippen LogP contribution < -0.4 is 15.6 Å². The van der Waals surface area contributed by atoms with Gasteiger partial charge in [-0.1, -0.05) is 37.3 Å². The number of likely N-dealkylation sites (N-methyl/N-ethyl adjacent to an activating group) is 1. The summed E-state index contributed by atoms with van der Waals surface area (Å²) < 4.78 is 0. The van der Waals surface area contributed by atoms with E-state index in [9.17, 15) is 14.4 Å². The Hall–Kier alpha value is -3.09. The van der Waals surface area contributed by atoms with Gasteiger partial charge in [-0.05, 0) is 54.5 Å². The molecule has 1 aliphatic heterocycles. The van der Waals surface area contributed by atoms with E-state index in [0.29, 0.717) is 18.8 Å². The first-order chi connectivity index (χ1) is 13.9. The van der Waals surface area contributed by atoms with Crippen molar-refractivity contribution in [3.8, 4) is 0 Å². The average molecular weight is 394 g/mol.